The molecule has 1 aliphatic rings. The van der Waals surface area contributed by atoms with E-state index in [1.807, 2.05) is 33.0 Å². The van der Waals surface area contributed by atoms with E-state index in [4.69, 9.17) is 4.74 Å². The number of nitrogens with one attached hydrogen (secondary N) is 1. The van der Waals surface area contributed by atoms with Crippen LogP contribution in [0.2, 0.25) is 0 Å². The SMILES string of the molecule is CC(C)(C)OC(=O)NC1CCCN(c2cc(Br)cn3ncc(C#N)c23)CC1. The summed E-state index contributed by atoms with van der Waals surface area (Å²) in [5.74, 6) is 0. The van der Waals surface area contributed by atoms with Crippen LogP contribution >= 0.6 is 15.9 Å². The van der Waals surface area contributed by atoms with Crippen LogP contribution in [0, 0.1) is 11.3 Å². The van der Waals surface area contributed by atoms with Crippen LogP contribution in [-0.2, 0) is 4.74 Å². The van der Waals surface area contributed by atoms with Crippen molar-refractivity contribution in [2.75, 3.05) is 18.0 Å². The smallest absolute Gasteiger partial charge is 0.407 e. The third-order valence-corrected chi connectivity index (χ3v) is 4.90. The maximum absolute atomic E-state index is 12.1. The molecule has 3 rings (SSSR count). The second kappa shape index (κ2) is 7.77. The van der Waals surface area contributed by atoms with Gasteiger partial charge in [0, 0.05) is 29.8 Å². The number of alkyl carbamates (subject to hydrolysis) is 1. The Morgan fingerprint density at radius 1 is 1.41 bits per heavy atom. The fourth-order valence-corrected chi connectivity index (χ4v) is 3.76. The van der Waals surface area contributed by atoms with Gasteiger partial charge in [-0.15, -0.1) is 0 Å². The van der Waals surface area contributed by atoms with E-state index in [9.17, 15) is 10.1 Å². The van der Waals surface area contributed by atoms with E-state index < -0.39 is 5.60 Å². The van der Waals surface area contributed by atoms with Gasteiger partial charge < -0.3 is 15.0 Å². The zero-order chi connectivity index (χ0) is 19.6. The number of carbonyl (C=O) groups is 1. The van der Waals surface area contributed by atoms with E-state index in [-0.39, 0.29) is 12.1 Å². The van der Waals surface area contributed by atoms with E-state index >= 15 is 0 Å². The van der Waals surface area contributed by atoms with E-state index in [2.05, 4.69) is 37.3 Å². The molecule has 1 fully saturated rings. The van der Waals surface area contributed by atoms with Crippen LogP contribution in [0.15, 0.2) is 22.9 Å². The third kappa shape index (κ3) is 4.72. The summed E-state index contributed by atoms with van der Waals surface area (Å²) in [5, 5.41) is 16.7. The summed E-state index contributed by atoms with van der Waals surface area (Å²) in [6, 6.07) is 4.33. The number of rotatable bonds is 2. The summed E-state index contributed by atoms with van der Waals surface area (Å²) in [6.45, 7) is 7.21. The van der Waals surface area contributed by atoms with Gasteiger partial charge in [-0.25, -0.2) is 9.31 Å². The van der Waals surface area contributed by atoms with Gasteiger partial charge in [-0.2, -0.15) is 10.4 Å². The number of hydrogen-bond acceptors (Lipinski definition) is 5. The Balaban J connectivity index is 1.75. The van der Waals surface area contributed by atoms with Crippen LogP contribution in [0.1, 0.15) is 45.6 Å². The Bertz CT molecular complexity index is 881. The van der Waals surface area contributed by atoms with Crippen LogP contribution in [-0.4, -0.2) is 40.4 Å². The maximum Gasteiger partial charge on any atom is 0.407 e. The van der Waals surface area contributed by atoms with Crippen molar-refractivity contribution in [2.24, 2.45) is 0 Å². The molecule has 0 spiro atoms. The van der Waals surface area contributed by atoms with Gasteiger partial charge in [0.05, 0.1) is 17.4 Å². The molecule has 144 valence electrons. The van der Waals surface area contributed by atoms with Gasteiger partial charge >= 0.3 is 6.09 Å². The zero-order valence-electron chi connectivity index (χ0n) is 15.8. The van der Waals surface area contributed by atoms with Crippen LogP contribution in [0.25, 0.3) is 5.52 Å². The molecule has 1 N–H and O–H groups in total. The highest BCUT2D eigenvalue weighted by molar-refractivity contribution is 9.10. The fraction of sp³-hybridized carbons (Fsp3) is 0.526. The van der Waals surface area contributed by atoms with E-state index in [1.54, 1.807) is 10.7 Å². The Kier molecular flexibility index (Phi) is 5.61. The highest BCUT2D eigenvalue weighted by Gasteiger charge is 2.24. The molecule has 3 heterocycles. The first-order chi connectivity index (χ1) is 12.8. The number of ether oxygens (including phenoxy) is 1. The van der Waals surface area contributed by atoms with Crippen LogP contribution in [0.4, 0.5) is 10.5 Å². The molecule has 2 aromatic heterocycles. The van der Waals surface area contributed by atoms with Gasteiger partial charge in [0.2, 0.25) is 0 Å². The lowest BCUT2D eigenvalue weighted by Gasteiger charge is -2.25. The summed E-state index contributed by atoms with van der Waals surface area (Å²) in [6.07, 6.45) is 5.72. The fourth-order valence-electron chi connectivity index (χ4n) is 3.35. The second-order valence-corrected chi connectivity index (χ2v) is 8.68. The lowest BCUT2D eigenvalue weighted by molar-refractivity contribution is 0.0501. The average molecular weight is 434 g/mol. The maximum atomic E-state index is 12.1. The Labute approximate surface area is 167 Å². The van der Waals surface area contributed by atoms with Crippen molar-refractivity contribution >= 4 is 33.2 Å². The molecule has 1 amide bonds. The number of aromatic nitrogens is 2. The quantitative estimate of drug-likeness (QED) is 0.777. The van der Waals surface area contributed by atoms with Gasteiger partial charge in [0.15, 0.2) is 0 Å². The van der Waals surface area contributed by atoms with Crippen molar-refractivity contribution in [3.05, 3.63) is 28.5 Å². The Hall–Kier alpha value is -2.27. The minimum atomic E-state index is -0.502. The van der Waals surface area contributed by atoms with Gasteiger partial charge in [-0.05, 0) is 62.0 Å². The molecule has 8 heteroatoms. The standard InChI is InChI=1S/C19H24BrN5O2/c1-19(2,3)27-18(26)23-15-5-4-7-24(8-6-15)16-9-14(20)12-25-17(16)13(10-21)11-22-25/h9,11-12,15H,4-8H2,1-3H3,(H,23,26). The Morgan fingerprint density at radius 2 is 2.19 bits per heavy atom. The van der Waals surface area contributed by atoms with Crippen molar-refractivity contribution in [1.29, 1.82) is 5.26 Å². The Morgan fingerprint density at radius 3 is 2.89 bits per heavy atom. The van der Waals surface area contributed by atoms with Crippen LogP contribution < -0.4 is 10.2 Å². The molecule has 1 atom stereocenters. The van der Waals surface area contributed by atoms with E-state index in [0.29, 0.717) is 5.56 Å². The molecule has 27 heavy (non-hydrogen) atoms. The molecule has 7 nitrogen and oxygen atoms in total. The molecule has 1 saturated heterocycles. The number of nitrogens with zero attached hydrogens (tertiary/aromatic N) is 4. The van der Waals surface area contributed by atoms with Crippen molar-refractivity contribution in [3.8, 4) is 6.07 Å². The second-order valence-electron chi connectivity index (χ2n) is 7.77. The van der Waals surface area contributed by atoms with Gasteiger partial charge in [0.1, 0.15) is 17.2 Å². The number of halogens is 1. The predicted molar refractivity (Wildman–Crippen MR) is 107 cm³/mol. The first kappa shape index (κ1) is 19.5. The predicted octanol–water partition coefficient (Wildman–Crippen LogP) is 3.85. The largest absolute Gasteiger partial charge is 0.444 e. The number of fused-ring (bicyclic) bond motifs is 1. The third-order valence-electron chi connectivity index (χ3n) is 4.47. The monoisotopic (exact) mass is 433 g/mol. The van der Waals surface area contributed by atoms with Gasteiger partial charge in [-0.1, -0.05) is 0 Å². The first-order valence-corrected chi connectivity index (χ1v) is 9.87. The molecule has 1 aliphatic heterocycles. The van der Waals surface area contributed by atoms with Crippen molar-refractivity contribution < 1.29 is 9.53 Å². The summed E-state index contributed by atoms with van der Waals surface area (Å²) in [7, 11) is 0. The highest BCUT2D eigenvalue weighted by atomic mass is 79.9. The number of carbonyl (C=O) groups excluding carboxylic acids is 1. The number of hydrogen-bond donors (Lipinski definition) is 1. The van der Waals surface area contributed by atoms with Gasteiger partial charge in [0.25, 0.3) is 0 Å². The molecular weight excluding hydrogens is 410 g/mol. The molecule has 0 bridgehead atoms. The molecule has 0 aliphatic carbocycles. The molecular formula is C19H24BrN5O2. The summed E-state index contributed by atoms with van der Waals surface area (Å²) < 4.78 is 8.01. The summed E-state index contributed by atoms with van der Waals surface area (Å²) in [4.78, 5) is 14.3. The molecule has 0 saturated carbocycles. The minimum absolute atomic E-state index is 0.0772. The van der Waals surface area contributed by atoms with E-state index in [1.165, 1.54) is 0 Å². The van der Waals surface area contributed by atoms with Crippen LogP contribution in [0.3, 0.4) is 0 Å². The molecule has 1 unspecified atom stereocenters. The summed E-state index contributed by atoms with van der Waals surface area (Å²) >= 11 is 3.53. The van der Waals surface area contributed by atoms with Crippen molar-refractivity contribution in [2.45, 2.75) is 51.7 Å². The van der Waals surface area contributed by atoms with E-state index in [0.717, 1.165) is 48.0 Å². The first-order valence-electron chi connectivity index (χ1n) is 9.08. The zero-order valence-corrected chi connectivity index (χ0v) is 17.4. The molecule has 0 aromatic carbocycles. The number of nitriles is 1. The highest BCUT2D eigenvalue weighted by Crippen LogP contribution is 2.30. The number of amides is 1. The van der Waals surface area contributed by atoms with Crippen molar-refractivity contribution in [1.82, 2.24) is 14.9 Å². The van der Waals surface area contributed by atoms with Crippen molar-refractivity contribution in [3.63, 3.8) is 0 Å². The number of anilines is 1. The number of pyridine rings is 1. The molecule has 0 radical (unpaired) electrons. The topological polar surface area (TPSA) is 82.7 Å². The van der Waals surface area contributed by atoms with Crippen LogP contribution in [0.5, 0.6) is 0 Å². The summed E-state index contributed by atoms with van der Waals surface area (Å²) in [5.41, 5.74) is 1.86. The normalized spacial score (nSPS) is 18.0. The lowest BCUT2D eigenvalue weighted by Crippen LogP contribution is -2.39. The van der Waals surface area contributed by atoms with Gasteiger partial charge in [-0.3, -0.25) is 0 Å². The molecule has 2 aromatic rings. The average Bonchev–Trinajstić information content (AvgIpc) is 2.83. The minimum Gasteiger partial charge on any atom is -0.444 e. The lowest BCUT2D eigenvalue weighted by atomic mass is 10.1.